The molecule has 2 aromatic carbocycles. The zero-order valence-corrected chi connectivity index (χ0v) is 19.6. The van der Waals surface area contributed by atoms with Crippen molar-refractivity contribution in [2.45, 2.75) is 97.8 Å². The van der Waals surface area contributed by atoms with Gasteiger partial charge in [-0.1, -0.05) is 121 Å². The molecule has 0 bridgehead atoms. The second-order valence-electron chi connectivity index (χ2n) is 9.56. The van der Waals surface area contributed by atoms with Crippen LogP contribution >= 0.6 is 0 Å². The molecule has 0 aromatic heterocycles. The summed E-state index contributed by atoms with van der Waals surface area (Å²) in [6, 6.07) is 16.6. The minimum absolute atomic E-state index is 0.197. The van der Waals surface area contributed by atoms with Crippen molar-refractivity contribution in [1.82, 2.24) is 0 Å². The quantitative estimate of drug-likeness (QED) is 0.359. The summed E-state index contributed by atoms with van der Waals surface area (Å²) in [4.78, 5) is 0. The molecule has 0 heteroatoms. The lowest BCUT2D eigenvalue weighted by molar-refractivity contribution is 0.267. The monoisotopic (exact) mass is 390 g/mol. The fraction of sp³-hybridized carbons (Fsp3) is 0.586. The van der Waals surface area contributed by atoms with E-state index in [4.69, 9.17) is 0 Å². The van der Waals surface area contributed by atoms with Crippen LogP contribution in [0.1, 0.15) is 102 Å². The molecule has 2 aromatic rings. The van der Waals surface area contributed by atoms with Crippen LogP contribution in [0.4, 0.5) is 0 Å². The van der Waals surface area contributed by atoms with Gasteiger partial charge in [0.1, 0.15) is 0 Å². The molecule has 1 aliphatic carbocycles. The van der Waals surface area contributed by atoms with Gasteiger partial charge in [0, 0.05) is 5.41 Å². The third kappa shape index (κ3) is 4.47. The Bertz CT molecular complexity index is 786. The summed E-state index contributed by atoms with van der Waals surface area (Å²) in [7, 11) is 0. The van der Waals surface area contributed by atoms with E-state index in [1.54, 1.807) is 11.1 Å². The number of hydrogen-bond acceptors (Lipinski definition) is 0. The molecule has 1 aliphatic rings. The van der Waals surface area contributed by atoms with Crippen molar-refractivity contribution in [2.24, 2.45) is 11.8 Å². The van der Waals surface area contributed by atoms with E-state index in [1.807, 2.05) is 0 Å². The maximum atomic E-state index is 2.53. The molecule has 0 N–H and O–H groups in total. The van der Waals surface area contributed by atoms with Crippen LogP contribution in [0.3, 0.4) is 0 Å². The molecule has 0 nitrogen and oxygen atoms in total. The predicted molar refractivity (Wildman–Crippen MR) is 129 cm³/mol. The molecule has 3 atom stereocenters. The van der Waals surface area contributed by atoms with E-state index >= 15 is 0 Å². The Hall–Kier alpha value is -1.56. The van der Waals surface area contributed by atoms with E-state index in [2.05, 4.69) is 77.1 Å². The minimum atomic E-state index is 0.197. The molecule has 0 radical (unpaired) electrons. The standard InChI is InChI=1S/C29H42/c1-6-10-14-24(9-4)21-29(20-23(8-3)13-7-2)27-16-12-11-15-25(27)26-18-17-22(5)19-28(26)29/h11-12,15-19,23-24H,6-10,13-14,20-21H2,1-5H3. The Morgan fingerprint density at radius 1 is 0.724 bits per heavy atom. The van der Waals surface area contributed by atoms with E-state index in [0.717, 1.165) is 11.8 Å². The summed E-state index contributed by atoms with van der Waals surface area (Å²) in [5, 5.41) is 0. The van der Waals surface area contributed by atoms with Crippen LogP contribution in [-0.4, -0.2) is 0 Å². The number of benzene rings is 2. The first-order valence-electron chi connectivity index (χ1n) is 12.3. The number of hydrogen-bond donors (Lipinski definition) is 0. The largest absolute Gasteiger partial charge is 0.0654 e. The molecule has 0 saturated heterocycles. The number of aryl methyl sites for hydroxylation is 1. The topological polar surface area (TPSA) is 0 Å². The molecule has 0 fully saturated rings. The molecule has 0 heterocycles. The van der Waals surface area contributed by atoms with E-state index in [-0.39, 0.29) is 5.41 Å². The molecule has 0 aliphatic heterocycles. The lowest BCUT2D eigenvalue weighted by Crippen LogP contribution is -2.31. The van der Waals surface area contributed by atoms with Gasteiger partial charge >= 0.3 is 0 Å². The number of unbranched alkanes of at least 4 members (excludes halogenated alkanes) is 1. The summed E-state index contributed by atoms with van der Waals surface area (Å²) < 4.78 is 0. The van der Waals surface area contributed by atoms with Gasteiger partial charge in [-0.25, -0.2) is 0 Å². The molecular formula is C29H42. The summed E-state index contributed by atoms with van der Waals surface area (Å²) in [5.74, 6) is 1.62. The molecule has 0 spiro atoms. The van der Waals surface area contributed by atoms with Gasteiger partial charge in [0.15, 0.2) is 0 Å². The Morgan fingerprint density at radius 3 is 2.03 bits per heavy atom. The second-order valence-corrected chi connectivity index (χ2v) is 9.56. The summed E-state index contributed by atoms with van der Waals surface area (Å²) in [6.07, 6.45) is 11.9. The van der Waals surface area contributed by atoms with Crippen molar-refractivity contribution in [3.05, 3.63) is 59.2 Å². The first-order chi connectivity index (χ1) is 14.1. The van der Waals surface area contributed by atoms with E-state index in [0.29, 0.717) is 0 Å². The third-order valence-corrected chi connectivity index (χ3v) is 7.52. The van der Waals surface area contributed by atoms with Crippen LogP contribution in [0.15, 0.2) is 42.5 Å². The van der Waals surface area contributed by atoms with Crippen molar-refractivity contribution in [3.8, 4) is 11.1 Å². The zero-order chi connectivity index (χ0) is 20.9. The van der Waals surface area contributed by atoms with Crippen LogP contribution < -0.4 is 0 Å². The van der Waals surface area contributed by atoms with Crippen molar-refractivity contribution in [3.63, 3.8) is 0 Å². The first-order valence-corrected chi connectivity index (χ1v) is 12.3. The van der Waals surface area contributed by atoms with Crippen molar-refractivity contribution in [1.29, 1.82) is 0 Å². The Morgan fingerprint density at radius 2 is 1.38 bits per heavy atom. The average molecular weight is 391 g/mol. The molecule has 0 saturated carbocycles. The highest BCUT2D eigenvalue weighted by Crippen LogP contribution is 2.56. The smallest absolute Gasteiger partial charge is 0.0220 e. The van der Waals surface area contributed by atoms with Crippen molar-refractivity contribution in [2.75, 3.05) is 0 Å². The van der Waals surface area contributed by atoms with E-state index < -0.39 is 0 Å². The molecule has 3 unspecified atom stereocenters. The van der Waals surface area contributed by atoms with Gasteiger partial charge in [0.05, 0.1) is 0 Å². The van der Waals surface area contributed by atoms with Crippen LogP contribution in [0.2, 0.25) is 0 Å². The number of rotatable bonds is 11. The molecule has 3 rings (SSSR count). The van der Waals surface area contributed by atoms with Gasteiger partial charge < -0.3 is 0 Å². The Balaban J connectivity index is 2.14. The van der Waals surface area contributed by atoms with Gasteiger partial charge in [0.2, 0.25) is 0 Å². The van der Waals surface area contributed by atoms with Crippen molar-refractivity contribution < 1.29 is 0 Å². The Labute approximate surface area is 180 Å². The highest BCUT2D eigenvalue weighted by Gasteiger charge is 2.44. The molecular weight excluding hydrogens is 348 g/mol. The van der Waals surface area contributed by atoms with Gasteiger partial charge in [-0.15, -0.1) is 0 Å². The van der Waals surface area contributed by atoms with Gasteiger partial charge in [0.25, 0.3) is 0 Å². The number of fused-ring (bicyclic) bond motifs is 3. The van der Waals surface area contributed by atoms with Gasteiger partial charge in [-0.3, -0.25) is 0 Å². The fourth-order valence-electron chi connectivity index (χ4n) is 5.88. The summed E-state index contributed by atoms with van der Waals surface area (Å²) in [5.41, 5.74) is 7.85. The van der Waals surface area contributed by atoms with Crippen LogP contribution in [-0.2, 0) is 5.41 Å². The first kappa shape index (κ1) is 22.1. The van der Waals surface area contributed by atoms with Crippen molar-refractivity contribution >= 4 is 0 Å². The lowest BCUT2D eigenvalue weighted by Gasteiger charge is -2.38. The molecule has 0 amide bonds. The lowest BCUT2D eigenvalue weighted by atomic mass is 9.65. The van der Waals surface area contributed by atoms with Gasteiger partial charge in [-0.05, 0) is 53.9 Å². The van der Waals surface area contributed by atoms with Crippen LogP contribution in [0.25, 0.3) is 11.1 Å². The van der Waals surface area contributed by atoms with E-state index in [1.165, 1.54) is 74.5 Å². The molecule has 158 valence electrons. The van der Waals surface area contributed by atoms with Gasteiger partial charge in [-0.2, -0.15) is 0 Å². The normalized spacial score (nSPS) is 19.6. The maximum Gasteiger partial charge on any atom is 0.0220 e. The highest BCUT2D eigenvalue weighted by molar-refractivity contribution is 5.81. The second kappa shape index (κ2) is 9.96. The van der Waals surface area contributed by atoms with E-state index in [9.17, 15) is 0 Å². The SMILES string of the molecule is CCCCC(CC)CC1(CC(CC)CCC)c2ccccc2-c2ccc(C)cc21. The minimum Gasteiger partial charge on any atom is -0.0654 e. The van der Waals surface area contributed by atoms with Crippen LogP contribution in [0, 0.1) is 18.8 Å². The summed E-state index contributed by atoms with van der Waals surface area (Å²) in [6.45, 7) is 11.8. The maximum absolute atomic E-state index is 2.53. The fourth-order valence-corrected chi connectivity index (χ4v) is 5.88. The highest BCUT2D eigenvalue weighted by atomic mass is 14.5. The zero-order valence-electron chi connectivity index (χ0n) is 19.6. The average Bonchev–Trinajstić information content (AvgIpc) is 3.00. The third-order valence-electron chi connectivity index (χ3n) is 7.52. The predicted octanol–water partition coefficient (Wildman–Crippen LogP) is 9.08. The van der Waals surface area contributed by atoms with Crippen LogP contribution in [0.5, 0.6) is 0 Å². The Kier molecular flexibility index (Phi) is 7.60. The molecule has 29 heavy (non-hydrogen) atoms. The summed E-state index contributed by atoms with van der Waals surface area (Å²) >= 11 is 0.